The molecule has 0 atom stereocenters. The predicted octanol–water partition coefficient (Wildman–Crippen LogP) is 0.838. The van der Waals surface area contributed by atoms with Gasteiger partial charge in [-0.25, -0.2) is 4.68 Å². The Hall–Kier alpha value is -2.29. The average molecular weight is 419 g/mol. The van der Waals surface area contributed by atoms with Gasteiger partial charge < -0.3 is 9.80 Å². The largest absolute Gasteiger partial charge is 0.338 e. The minimum Gasteiger partial charge on any atom is -0.338 e. The fraction of sp³-hybridized carbons (Fsp3) is 0.471. The maximum Gasteiger partial charge on any atom is 0.244 e. The topological polar surface area (TPSA) is 84.2 Å². The molecule has 1 aliphatic carbocycles. The molecule has 1 aromatic carbocycles. The molecule has 8 nitrogen and oxygen atoms in total. The van der Waals surface area contributed by atoms with E-state index in [1.807, 2.05) is 29.2 Å². The molecular formula is C17H19BrN6O2. The van der Waals surface area contributed by atoms with E-state index < -0.39 is 0 Å². The number of carbonyl (C=O) groups excluding carboxylic acids is 2. The third-order valence-electron chi connectivity index (χ3n) is 5.16. The highest BCUT2D eigenvalue weighted by atomic mass is 79.9. The van der Waals surface area contributed by atoms with Crippen molar-refractivity contribution >= 4 is 27.7 Å². The Morgan fingerprint density at radius 2 is 1.69 bits per heavy atom. The molecular weight excluding hydrogens is 400 g/mol. The smallest absolute Gasteiger partial charge is 0.244 e. The summed E-state index contributed by atoms with van der Waals surface area (Å²) in [4.78, 5) is 29.1. The van der Waals surface area contributed by atoms with Gasteiger partial charge in [-0.05, 0) is 41.0 Å². The van der Waals surface area contributed by atoms with Crippen molar-refractivity contribution < 1.29 is 9.59 Å². The summed E-state index contributed by atoms with van der Waals surface area (Å²) in [5.41, 5.74) is 0.724. The molecule has 0 unspecified atom stereocenters. The van der Waals surface area contributed by atoms with Gasteiger partial charge in [0.05, 0.1) is 5.41 Å². The van der Waals surface area contributed by atoms with Crippen LogP contribution in [0, 0.1) is 0 Å². The fourth-order valence-corrected chi connectivity index (χ4v) is 3.74. The van der Waals surface area contributed by atoms with Crippen LogP contribution < -0.4 is 0 Å². The number of benzene rings is 1. The van der Waals surface area contributed by atoms with Crippen molar-refractivity contribution in [2.45, 2.75) is 24.8 Å². The molecule has 2 aliphatic rings. The lowest BCUT2D eigenvalue weighted by atomic mass is 9.94. The number of tetrazole rings is 1. The quantitative estimate of drug-likeness (QED) is 0.734. The van der Waals surface area contributed by atoms with Gasteiger partial charge in [0.1, 0.15) is 12.9 Å². The third kappa shape index (κ3) is 3.23. The normalized spacial score (nSPS) is 18.7. The first-order valence-electron chi connectivity index (χ1n) is 8.62. The second-order valence-electron chi connectivity index (χ2n) is 6.77. The first kappa shape index (κ1) is 17.1. The van der Waals surface area contributed by atoms with E-state index in [4.69, 9.17) is 0 Å². The van der Waals surface area contributed by atoms with Gasteiger partial charge in [-0.3, -0.25) is 9.59 Å². The minimum absolute atomic E-state index is 0.0292. The molecule has 136 valence electrons. The second-order valence-corrected chi connectivity index (χ2v) is 7.69. The maximum absolute atomic E-state index is 13.1. The summed E-state index contributed by atoms with van der Waals surface area (Å²) < 4.78 is 2.42. The molecule has 0 radical (unpaired) electrons. The number of halogens is 1. The summed E-state index contributed by atoms with van der Waals surface area (Å²) in [7, 11) is 0. The molecule has 1 saturated heterocycles. The van der Waals surface area contributed by atoms with Crippen molar-refractivity contribution in [3.05, 3.63) is 40.6 Å². The molecule has 2 aromatic rings. The predicted molar refractivity (Wildman–Crippen MR) is 96.0 cm³/mol. The van der Waals surface area contributed by atoms with E-state index in [0.29, 0.717) is 26.2 Å². The van der Waals surface area contributed by atoms with E-state index >= 15 is 0 Å². The second kappa shape index (κ2) is 6.79. The molecule has 0 spiro atoms. The summed E-state index contributed by atoms with van der Waals surface area (Å²) in [6.45, 7) is 2.35. The zero-order valence-corrected chi connectivity index (χ0v) is 15.8. The number of carbonyl (C=O) groups is 2. The highest BCUT2D eigenvalue weighted by Crippen LogP contribution is 2.49. The van der Waals surface area contributed by atoms with Gasteiger partial charge in [0.25, 0.3) is 0 Å². The minimum atomic E-state index is -0.362. The van der Waals surface area contributed by atoms with Crippen LogP contribution in [-0.2, 0) is 21.5 Å². The molecule has 9 heteroatoms. The third-order valence-corrected chi connectivity index (χ3v) is 5.69. The van der Waals surface area contributed by atoms with Crippen molar-refractivity contribution in [1.29, 1.82) is 0 Å². The van der Waals surface area contributed by atoms with Gasteiger partial charge in [0.2, 0.25) is 11.8 Å². The molecule has 2 heterocycles. The van der Waals surface area contributed by atoms with Gasteiger partial charge in [0.15, 0.2) is 0 Å². The maximum atomic E-state index is 13.1. The summed E-state index contributed by atoms with van der Waals surface area (Å²) in [6.07, 6.45) is 3.21. The number of hydrogen-bond donors (Lipinski definition) is 0. The van der Waals surface area contributed by atoms with Crippen LogP contribution in [0.1, 0.15) is 18.4 Å². The number of piperazine rings is 1. The van der Waals surface area contributed by atoms with E-state index in [0.717, 1.165) is 22.9 Å². The molecule has 2 amide bonds. The van der Waals surface area contributed by atoms with Crippen LogP contribution >= 0.6 is 15.9 Å². The van der Waals surface area contributed by atoms with E-state index in [1.165, 1.54) is 11.0 Å². The standard InChI is InChI=1S/C17H19BrN6O2/c18-14-3-1-13(2-4-14)17(5-6-17)16(26)23-9-7-22(8-10-23)15(25)11-24-12-19-20-21-24/h1-4,12H,5-11H2. The van der Waals surface area contributed by atoms with E-state index in [2.05, 4.69) is 31.5 Å². The summed E-state index contributed by atoms with van der Waals surface area (Å²) in [5, 5.41) is 10.8. The zero-order chi connectivity index (χ0) is 18.1. The Balaban J connectivity index is 1.36. The molecule has 1 aliphatic heterocycles. The number of amides is 2. The number of hydrogen-bond acceptors (Lipinski definition) is 5. The highest BCUT2D eigenvalue weighted by Gasteiger charge is 2.53. The van der Waals surface area contributed by atoms with Crippen LogP contribution in [0.4, 0.5) is 0 Å². The Bertz CT molecular complexity index is 795. The van der Waals surface area contributed by atoms with Crippen LogP contribution in [0.5, 0.6) is 0 Å². The summed E-state index contributed by atoms with van der Waals surface area (Å²) >= 11 is 3.44. The Labute approximate surface area is 159 Å². The van der Waals surface area contributed by atoms with Crippen LogP contribution in [0.15, 0.2) is 35.1 Å². The van der Waals surface area contributed by atoms with E-state index in [-0.39, 0.29) is 23.8 Å². The molecule has 4 rings (SSSR count). The molecule has 0 bridgehead atoms. The molecule has 26 heavy (non-hydrogen) atoms. The lowest BCUT2D eigenvalue weighted by molar-refractivity contribution is -0.141. The van der Waals surface area contributed by atoms with E-state index in [1.54, 1.807) is 4.90 Å². The van der Waals surface area contributed by atoms with Crippen LogP contribution in [0.3, 0.4) is 0 Å². The van der Waals surface area contributed by atoms with Gasteiger partial charge in [0, 0.05) is 30.7 Å². The zero-order valence-electron chi connectivity index (χ0n) is 14.2. The number of aromatic nitrogens is 4. The Morgan fingerprint density at radius 1 is 1.04 bits per heavy atom. The number of nitrogens with zero attached hydrogens (tertiary/aromatic N) is 6. The fourth-order valence-electron chi connectivity index (χ4n) is 3.47. The molecule has 1 aromatic heterocycles. The van der Waals surface area contributed by atoms with Crippen molar-refractivity contribution in [3.8, 4) is 0 Å². The van der Waals surface area contributed by atoms with E-state index in [9.17, 15) is 9.59 Å². The highest BCUT2D eigenvalue weighted by molar-refractivity contribution is 9.10. The van der Waals surface area contributed by atoms with Gasteiger partial charge in [-0.2, -0.15) is 0 Å². The van der Waals surface area contributed by atoms with Crippen LogP contribution in [0.25, 0.3) is 0 Å². The summed E-state index contributed by atoms with van der Waals surface area (Å²) in [5.74, 6) is 0.158. The Kier molecular flexibility index (Phi) is 4.47. The van der Waals surface area contributed by atoms with Crippen molar-refractivity contribution in [2.75, 3.05) is 26.2 Å². The SMILES string of the molecule is O=C(Cn1cnnn1)N1CCN(C(=O)C2(c3ccc(Br)cc3)CC2)CC1. The molecule has 2 fully saturated rings. The average Bonchev–Trinajstić information content (AvgIpc) is 3.32. The van der Waals surface area contributed by atoms with Crippen molar-refractivity contribution in [2.24, 2.45) is 0 Å². The summed E-state index contributed by atoms with van der Waals surface area (Å²) in [6, 6.07) is 8.03. The van der Waals surface area contributed by atoms with Crippen LogP contribution in [0.2, 0.25) is 0 Å². The monoisotopic (exact) mass is 418 g/mol. The Morgan fingerprint density at radius 3 is 2.27 bits per heavy atom. The molecule has 1 saturated carbocycles. The molecule has 0 N–H and O–H groups in total. The van der Waals surface area contributed by atoms with Crippen molar-refractivity contribution in [1.82, 2.24) is 30.0 Å². The van der Waals surface area contributed by atoms with Gasteiger partial charge >= 0.3 is 0 Å². The lowest BCUT2D eigenvalue weighted by Gasteiger charge is -2.36. The lowest BCUT2D eigenvalue weighted by Crippen LogP contribution is -2.53. The number of rotatable bonds is 4. The van der Waals surface area contributed by atoms with Gasteiger partial charge in [-0.15, -0.1) is 5.10 Å². The van der Waals surface area contributed by atoms with Crippen LogP contribution in [-0.4, -0.2) is 68.0 Å². The van der Waals surface area contributed by atoms with Gasteiger partial charge in [-0.1, -0.05) is 28.1 Å². The first-order valence-corrected chi connectivity index (χ1v) is 9.42. The first-order chi connectivity index (χ1) is 12.6. The van der Waals surface area contributed by atoms with Crippen molar-refractivity contribution in [3.63, 3.8) is 0 Å².